The first-order valence-corrected chi connectivity index (χ1v) is 8.86. The van der Waals surface area contributed by atoms with E-state index in [-0.39, 0.29) is 42.5 Å². The van der Waals surface area contributed by atoms with E-state index in [1.54, 1.807) is 6.26 Å². The molecule has 2 aromatic heterocycles. The maximum Gasteiger partial charge on any atom is 0.135 e. The molecule has 29 heavy (non-hydrogen) atoms. The van der Waals surface area contributed by atoms with Gasteiger partial charge >= 0.3 is 0 Å². The molecule has 1 fully saturated rings. The summed E-state index contributed by atoms with van der Waals surface area (Å²) in [6.07, 6.45) is 1.71. The summed E-state index contributed by atoms with van der Waals surface area (Å²) in [5.74, 6) is -0.347. The molecule has 0 unspecified atom stereocenters. The van der Waals surface area contributed by atoms with E-state index in [1.165, 1.54) is 12.1 Å². The number of hydrogen-bond acceptors (Lipinski definition) is 5. The Balaban J connectivity index is 0.00000120. The number of fused-ring (bicyclic) bond motifs is 3. The highest BCUT2D eigenvalue weighted by molar-refractivity contribution is 5.85. The Labute approximate surface area is 178 Å². The third-order valence-corrected chi connectivity index (χ3v) is 5.40. The standard InChI is InChI=1S/C19H18F2N4O2.2ClH/c1-11-12(4-5-26-11)7-24-8-16-18(9-24)27-10-17-19(22-23-25(16)17)14-3-2-13(20)6-15(14)21;;/h2-6,16,18H,7-10H2,1H3;2*1H/t16-,18-;;/m1../s1. The first-order valence-electron chi connectivity index (χ1n) is 8.86. The normalized spacial score (nSPS) is 20.5. The molecule has 5 rings (SSSR count). The van der Waals surface area contributed by atoms with Crippen molar-refractivity contribution in [3.05, 3.63) is 59.2 Å². The van der Waals surface area contributed by atoms with Crippen molar-refractivity contribution in [1.29, 1.82) is 0 Å². The van der Waals surface area contributed by atoms with Crippen LogP contribution in [0.3, 0.4) is 0 Å². The van der Waals surface area contributed by atoms with Crippen LogP contribution in [0, 0.1) is 18.6 Å². The summed E-state index contributed by atoms with van der Waals surface area (Å²) in [7, 11) is 0. The van der Waals surface area contributed by atoms with Crippen molar-refractivity contribution in [2.45, 2.75) is 32.2 Å². The van der Waals surface area contributed by atoms with Gasteiger partial charge in [0.15, 0.2) is 0 Å². The van der Waals surface area contributed by atoms with Gasteiger partial charge in [0, 0.05) is 36.8 Å². The second kappa shape index (κ2) is 8.39. The molecule has 0 amide bonds. The van der Waals surface area contributed by atoms with E-state index < -0.39 is 11.6 Å². The lowest BCUT2D eigenvalue weighted by molar-refractivity contribution is -0.00495. The summed E-state index contributed by atoms with van der Waals surface area (Å²) < 4.78 is 40.6. The smallest absolute Gasteiger partial charge is 0.135 e. The van der Waals surface area contributed by atoms with E-state index in [2.05, 4.69) is 15.2 Å². The minimum Gasteiger partial charge on any atom is -0.469 e. The average molecular weight is 445 g/mol. The van der Waals surface area contributed by atoms with Gasteiger partial charge in [-0.05, 0) is 25.1 Å². The third kappa shape index (κ3) is 3.77. The number of aryl methyl sites for hydroxylation is 1. The fraction of sp³-hybridized carbons (Fsp3) is 0.368. The fourth-order valence-corrected chi connectivity index (χ4v) is 3.97. The van der Waals surface area contributed by atoms with Gasteiger partial charge in [-0.25, -0.2) is 13.5 Å². The van der Waals surface area contributed by atoms with Crippen LogP contribution < -0.4 is 0 Å². The highest BCUT2D eigenvalue weighted by Crippen LogP contribution is 2.35. The zero-order valence-electron chi connectivity index (χ0n) is 15.5. The van der Waals surface area contributed by atoms with Crippen LogP contribution in [0.5, 0.6) is 0 Å². The second-order valence-corrected chi connectivity index (χ2v) is 7.07. The fourth-order valence-electron chi connectivity index (χ4n) is 3.97. The molecule has 3 aromatic rings. The number of benzene rings is 1. The van der Waals surface area contributed by atoms with E-state index >= 15 is 0 Å². The molecule has 2 aliphatic heterocycles. The molecule has 0 saturated carbocycles. The second-order valence-electron chi connectivity index (χ2n) is 7.07. The van der Waals surface area contributed by atoms with Crippen LogP contribution in [-0.2, 0) is 17.9 Å². The number of nitrogens with zero attached hydrogens (tertiary/aromatic N) is 4. The first-order chi connectivity index (χ1) is 13.1. The van der Waals surface area contributed by atoms with Crippen molar-refractivity contribution in [3.63, 3.8) is 0 Å². The highest BCUT2D eigenvalue weighted by Gasteiger charge is 2.41. The number of rotatable bonds is 3. The molecule has 0 aliphatic carbocycles. The van der Waals surface area contributed by atoms with Gasteiger partial charge in [0.2, 0.25) is 0 Å². The van der Waals surface area contributed by atoms with Gasteiger partial charge in [0.1, 0.15) is 23.1 Å². The van der Waals surface area contributed by atoms with Crippen molar-refractivity contribution in [3.8, 4) is 11.3 Å². The Bertz CT molecular complexity index is 1010. The number of halogens is 4. The molecule has 1 aromatic carbocycles. The summed E-state index contributed by atoms with van der Waals surface area (Å²) in [6, 6.07) is 5.48. The number of likely N-dealkylation sites (tertiary alicyclic amines) is 1. The number of hydrogen-bond donors (Lipinski definition) is 0. The molecule has 0 bridgehead atoms. The molecule has 1 saturated heterocycles. The summed E-state index contributed by atoms with van der Waals surface area (Å²) >= 11 is 0. The van der Waals surface area contributed by atoms with Crippen molar-refractivity contribution in [2.75, 3.05) is 13.1 Å². The Morgan fingerprint density at radius 2 is 2.00 bits per heavy atom. The molecule has 6 nitrogen and oxygen atoms in total. The van der Waals surface area contributed by atoms with Crippen LogP contribution in [0.1, 0.15) is 23.1 Å². The summed E-state index contributed by atoms with van der Waals surface area (Å²) in [6.45, 7) is 4.58. The maximum atomic E-state index is 14.2. The summed E-state index contributed by atoms with van der Waals surface area (Å²) in [4.78, 5) is 2.29. The maximum absolute atomic E-state index is 14.2. The van der Waals surface area contributed by atoms with Crippen LogP contribution in [0.4, 0.5) is 8.78 Å². The molecular formula is C19H20Cl2F2N4O2. The van der Waals surface area contributed by atoms with Crippen LogP contribution in [-0.4, -0.2) is 39.1 Å². The van der Waals surface area contributed by atoms with Gasteiger partial charge in [0.05, 0.1) is 30.7 Å². The lowest BCUT2D eigenvalue weighted by atomic mass is 10.1. The van der Waals surface area contributed by atoms with Gasteiger partial charge in [-0.3, -0.25) is 4.90 Å². The Hall–Kier alpha value is -2.00. The van der Waals surface area contributed by atoms with Crippen molar-refractivity contribution in [2.24, 2.45) is 0 Å². The Morgan fingerprint density at radius 3 is 2.72 bits per heavy atom. The quantitative estimate of drug-likeness (QED) is 0.612. The zero-order valence-corrected chi connectivity index (χ0v) is 17.2. The van der Waals surface area contributed by atoms with Crippen LogP contribution in [0.2, 0.25) is 0 Å². The number of ether oxygens (including phenoxy) is 1. The number of furan rings is 1. The molecule has 156 valence electrons. The predicted molar refractivity (Wildman–Crippen MR) is 106 cm³/mol. The van der Waals surface area contributed by atoms with Crippen molar-refractivity contribution < 1.29 is 17.9 Å². The zero-order chi connectivity index (χ0) is 18.5. The highest BCUT2D eigenvalue weighted by atomic mass is 35.5. The minimum absolute atomic E-state index is 0. The van der Waals surface area contributed by atoms with Crippen LogP contribution in [0.25, 0.3) is 11.3 Å². The van der Waals surface area contributed by atoms with Crippen LogP contribution in [0.15, 0.2) is 34.9 Å². The topological polar surface area (TPSA) is 56.3 Å². The Kier molecular flexibility index (Phi) is 6.28. The van der Waals surface area contributed by atoms with E-state index in [9.17, 15) is 8.78 Å². The van der Waals surface area contributed by atoms with Gasteiger partial charge < -0.3 is 9.15 Å². The van der Waals surface area contributed by atoms with E-state index in [0.29, 0.717) is 12.3 Å². The Morgan fingerprint density at radius 1 is 1.17 bits per heavy atom. The lowest BCUT2D eigenvalue weighted by Crippen LogP contribution is -2.32. The minimum atomic E-state index is -0.649. The molecule has 0 radical (unpaired) electrons. The summed E-state index contributed by atoms with van der Waals surface area (Å²) in [5.41, 5.74) is 2.53. The van der Waals surface area contributed by atoms with E-state index in [4.69, 9.17) is 9.15 Å². The van der Waals surface area contributed by atoms with Gasteiger partial charge in [-0.2, -0.15) is 0 Å². The molecule has 2 atom stereocenters. The number of aromatic nitrogens is 3. The van der Waals surface area contributed by atoms with Gasteiger partial charge in [-0.1, -0.05) is 5.21 Å². The molecule has 0 spiro atoms. The van der Waals surface area contributed by atoms with Gasteiger partial charge in [0.25, 0.3) is 0 Å². The van der Waals surface area contributed by atoms with Gasteiger partial charge in [-0.15, -0.1) is 29.9 Å². The van der Waals surface area contributed by atoms with E-state index in [0.717, 1.165) is 42.7 Å². The average Bonchev–Trinajstić information content (AvgIpc) is 3.33. The third-order valence-electron chi connectivity index (χ3n) is 5.40. The molecular weight excluding hydrogens is 425 g/mol. The van der Waals surface area contributed by atoms with Crippen molar-refractivity contribution in [1.82, 2.24) is 19.9 Å². The molecule has 10 heteroatoms. The van der Waals surface area contributed by atoms with Crippen molar-refractivity contribution >= 4 is 24.8 Å². The van der Waals surface area contributed by atoms with Crippen LogP contribution >= 0.6 is 24.8 Å². The SMILES string of the molecule is Cc1occc1CN1C[C@@H]2[C@@H](C1)OCc1c(-c3ccc(F)cc3F)nnn12.Cl.Cl. The molecule has 2 aliphatic rings. The summed E-state index contributed by atoms with van der Waals surface area (Å²) in [5, 5.41) is 8.44. The molecule has 0 N–H and O–H groups in total. The largest absolute Gasteiger partial charge is 0.469 e. The van der Waals surface area contributed by atoms with E-state index in [1.807, 2.05) is 17.7 Å². The first kappa shape index (κ1) is 21.7. The predicted octanol–water partition coefficient (Wildman–Crippen LogP) is 3.92. The monoisotopic (exact) mass is 444 g/mol. The lowest BCUT2D eigenvalue weighted by Gasteiger charge is -2.26. The molecule has 4 heterocycles.